The molecule has 0 bridgehead atoms. The topological polar surface area (TPSA) is 44.0 Å². The van der Waals surface area contributed by atoms with E-state index in [1.807, 2.05) is 6.20 Å². The van der Waals surface area contributed by atoms with E-state index in [0.29, 0.717) is 6.04 Å². The molecule has 0 spiro atoms. The molecule has 1 aromatic rings. The van der Waals surface area contributed by atoms with Crippen LogP contribution in [0.3, 0.4) is 0 Å². The van der Waals surface area contributed by atoms with Gasteiger partial charge >= 0.3 is 0 Å². The van der Waals surface area contributed by atoms with Gasteiger partial charge in [0.2, 0.25) is 0 Å². The quantitative estimate of drug-likeness (QED) is 0.777. The molecule has 16 heavy (non-hydrogen) atoms. The number of likely N-dealkylation sites (tertiary alicyclic amines) is 1. The van der Waals surface area contributed by atoms with Crippen LogP contribution in [0.4, 0.5) is 0 Å². The van der Waals surface area contributed by atoms with E-state index >= 15 is 0 Å². The summed E-state index contributed by atoms with van der Waals surface area (Å²) < 4.78 is 0. The Morgan fingerprint density at radius 2 is 2.38 bits per heavy atom. The van der Waals surface area contributed by atoms with Crippen molar-refractivity contribution in [2.75, 3.05) is 19.6 Å². The Morgan fingerprint density at radius 3 is 3.12 bits per heavy atom. The molecule has 1 saturated carbocycles. The normalized spacial score (nSPS) is 26.4. The zero-order valence-electron chi connectivity index (χ0n) is 9.65. The first-order valence-electron chi connectivity index (χ1n) is 6.33. The zero-order valence-corrected chi connectivity index (χ0v) is 9.65. The van der Waals surface area contributed by atoms with Crippen molar-refractivity contribution in [1.82, 2.24) is 20.2 Å². The standard InChI is InChI=1S/C12H20N4/c1-2-10(1)7-16-4-3-11(8-16)14-6-12-5-13-9-15-12/h5,9-11,14H,1-4,6-8H2,(H,13,15). The van der Waals surface area contributed by atoms with Gasteiger partial charge in [-0.05, 0) is 31.7 Å². The minimum atomic E-state index is 0.669. The molecule has 4 heteroatoms. The molecule has 2 heterocycles. The van der Waals surface area contributed by atoms with Crippen molar-refractivity contribution in [3.8, 4) is 0 Å². The molecular formula is C12H20N4. The maximum absolute atomic E-state index is 4.02. The monoisotopic (exact) mass is 220 g/mol. The summed E-state index contributed by atoms with van der Waals surface area (Å²) in [6, 6.07) is 0.669. The van der Waals surface area contributed by atoms with Crippen molar-refractivity contribution in [1.29, 1.82) is 0 Å². The molecule has 1 unspecified atom stereocenters. The number of rotatable bonds is 5. The van der Waals surface area contributed by atoms with Crippen molar-refractivity contribution in [2.24, 2.45) is 5.92 Å². The highest BCUT2D eigenvalue weighted by Gasteiger charge is 2.28. The first kappa shape index (κ1) is 10.3. The highest BCUT2D eigenvalue weighted by molar-refractivity contribution is 4.95. The SMILES string of the molecule is c1ncc(CNC2CCN(CC3CC3)C2)[nH]1. The molecule has 3 rings (SSSR count). The van der Waals surface area contributed by atoms with Crippen molar-refractivity contribution >= 4 is 0 Å². The van der Waals surface area contributed by atoms with Gasteiger partial charge < -0.3 is 15.2 Å². The van der Waals surface area contributed by atoms with Crippen LogP contribution in [-0.4, -0.2) is 40.5 Å². The van der Waals surface area contributed by atoms with E-state index in [0.717, 1.165) is 12.5 Å². The van der Waals surface area contributed by atoms with Crippen molar-refractivity contribution < 1.29 is 0 Å². The molecule has 1 aliphatic heterocycles. The molecule has 2 fully saturated rings. The van der Waals surface area contributed by atoms with Gasteiger partial charge in [-0.3, -0.25) is 0 Å². The number of hydrogen-bond acceptors (Lipinski definition) is 3. The van der Waals surface area contributed by atoms with E-state index in [1.54, 1.807) is 6.33 Å². The van der Waals surface area contributed by atoms with Crippen LogP contribution in [0.25, 0.3) is 0 Å². The molecule has 2 N–H and O–H groups in total. The third-order valence-electron chi connectivity index (χ3n) is 3.62. The minimum Gasteiger partial charge on any atom is -0.347 e. The van der Waals surface area contributed by atoms with Crippen LogP contribution in [0, 0.1) is 5.92 Å². The second-order valence-electron chi connectivity index (χ2n) is 5.15. The van der Waals surface area contributed by atoms with E-state index in [9.17, 15) is 0 Å². The molecule has 2 aliphatic rings. The minimum absolute atomic E-state index is 0.669. The molecule has 1 saturated heterocycles. The first-order chi connectivity index (χ1) is 7.90. The van der Waals surface area contributed by atoms with Crippen LogP contribution in [0.15, 0.2) is 12.5 Å². The van der Waals surface area contributed by atoms with Gasteiger partial charge in [0.15, 0.2) is 0 Å². The summed E-state index contributed by atoms with van der Waals surface area (Å²) in [5, 5.41) is 3.59. The first-order valence-corrected chi connectivity index (χ1v) is 6.33. The summed E-state index contributed by atoms with van der Waals surface area (Å²) in [4.78, 5) is 9.76. The molecule has 0 radical (unpaired) electrons. The van der Waals surface area contributed by atoms with E-state index in [-0.39, 0.29) is 0 Å². The Hall–Kier alpha value is -0.870. The fourth-order valence-electron chi connectivity index (χ4n) is 2.47. The smallest absolute Gasteiger partial charge is 0.0922 e. The second-order valence-corrected chi connectivity index (χ2v) is 5.15. The second kappa shape index (κ2) is 4.55. The Kier molecular flexibility index (Phi) is 2.93. The predicted octanol–water partition coefficient (Wildman–Crippen LogP) is 0.984. The van der Waals surface area contributed by atoms with Gasteiger partial charge in [0.25, 0.3) is 0 Å². The number of nitrogens with one attached hydrogen (secondary N) is 2. The summed E-state index contributed by atoms with van der Waals surface area (Å²) in [6.07, 6.45) is 7.85. The summed E-state index contributed by atoms with van der Waals surface area (Å²) in [5.41, 5.74) is 1.18. The molecular weight excluding hydrogens is 200 g/mol. The lowest BCUT2D eigenvalue weighted by atomic mass is 10.2. The van der Waals surface area contributed by atoms with Crippen molar-refractivity contribution in [3.63, 3.8) is 0 Å². The summed E-state index contributed by atoms with van der Waals surface area (Å²) in [5.74, 6) is 1.02. The van der Waals surface area contributed by atoms with E-state index in [2.05, 4.69) is 20.2 Å². The third kappa shape index (κ3) is 2.62. The lowest BCUT2D eigenvalue weighted by molar-refractivity contribution is 0.314. The van der Waals surface area contributed by atoms with E-state index < -0.39 is 0 Å². The lowest BCUT2D eigenvalue weighted by Crippen LogP contribution is -2.32. The molecule has 4 nitrogen and oxygen atoms in total. The summed E-state index contributed by atoms with van der Waals surface area (Å²) >= 11 is 0. The molecule has 1 aromatic heterocycles. The van der Waals surface area contributed by atoms with Gasteiger partial charge in [0.1, 0.15) is 0 Å². The van der Waals surface area contributed by atoms with Gasteiger partial charge in [-0.25, -0.2) is 4.98 Å². The van der Waals surface area contributed by atoms with Crippen molar-refractivity contribution in [3.05, 3.63) is 18.2 Å². The maximum Gasteiger partial charge on any atom is 0.0922 e. The number of aromatic nitrogens is 2. The number of imidazole rings is 1. The molecule has 1 aliphatic carbocycles. The maximum atomic E-state index is 4.02. The Labute approximate surface area is 96.4 Å². The Balaban J connectivity index is 1.39. The molecule has 88 valence electrons. The number of aromatic amines is 1. The van der Waals surface area contributed by atoms with Gasteiger partial charge in [-0.15, -0.1) is 0 Å². The third-order valence-corrected chi connectivity index (χ3v) is 3.62. The highest BCUT2D eigenvalue weighted by atomic mass is 15.2. The number of nitrogens with zero attached hydrogens (tertiary/aromatic N) is 2. The molecule has 1 atom stereocenters. The largest absolute Gasteiger partial charge is 0.347 e. The van der Waals surface area contributed by atoms with Crippen LogP contribution in [0.1, 0.15) is 25.0 Å². The van der Waals surface area contributed by atoms with Gasteiger partial charge in [0, 0.05) is 37.6 Å². The summed E-state index contributed by atoms with van der Waals surface area (Å²) in [6.45, 7) is 4.76. The van der Waals surface area contributed by atoms with Crippen LogP contribution < -0.4 is 5.32 Å². The lowest BCUT2D eigenvalue weighted by Gasteiger charge is -2.15. The van der Waals surface area contributed by atoms with E-state index in [1.165, 1.54) is 44.6 Å². The average molecular weight is 220 g/mol. The highest BCUT2D eigenvalue weighted by Crippen LogP contribution is 2.30. The average Bonchev–Trinajstić information content (AvgIpc) is 2.81. The zero-order chi connectivity index (χ0) is 10.8. The van der Waals surface area contributed by atoms with Gasteiger partial charge in [0.05, 0.1) is 6.33 Å². The van der Waals surface area contributed by atoms with Crippen LogP contribution >= 0.6 is 0 Å². The van der Waals surface area contributed by atoms with E-state index in [4.69, 9.17) is 0 Å². The molecule has 0 aromatic carbocycles. The number of H-pyrrole nitrogens is 1. The van der Waals surface area contributed by atoms with Gasteiger partial charge in [-0.2, -0.15) is 0 Å². The fraction of sp³-hybridized carbons (Fsp3) is 0.750. The molecule has 0 amide bonds. The van der Waals surface area contributed by atoms with Crippen LogP contribution in [-0.2, 0) is 6.54 Å². The van der Waals surface area contributed by atoms with Crippen LogP contribution in [0.5, 0.6) is 0 Å². The summed E-state index contributed by atoms with van der Waals surface area (Å²) in [7, 11) is 0. The fourth-order valence-corrected chi connectivity index (χ4v) is 2.47. The Morgan fingerprint density at radius 1 is 1.44 bits per heavy atom. The Bertz CT molecular complexity index is 318. The predicted molar refractivity (Wildman–Crippen MR) is 63.0 cm³/mol. The van der Waals surface area contributed by atoms with Crippen molar-refractivity contribution in [2.45, 2.75) is 31.8 Å². The number of hydrogen-bond donors (Lipinski definition) is 2. The van der Waals surface area contributed by atoms with Crippen LogP contribution in [0.2, 0.25) is 0 Å². The van der Waals surface area contributed by atoms with Gasteiger partial charge in [-0.1, -0.05) is 0 Å².